The first-order valence-electron chi connectivity index (χ1n) is 12.2. The van der Waals surface area contributed by atoms with Crippen LogP contribution in [0, 0.1) is 18.6 Å². The van der Waals surface area contributed by atoms with Gasteiger partial charge in [-0.15, -0.1) is 0 Å². The maximum absolute atomic E-state index is 14.1. The smallest absolute Gasteiger partial charge is 0.261 e. The first-order valence-corrected chi connectivity index (χ1v) is 12.2. The van der Waals surface area contributed by atoms with E-state index >= 15 is 0 Å². The number of nitrogens with zero attached hydrogens (tertiary/aromatic N) is 3. The monoisotopic (exact) mass is 521 g/mol. The van der Waals surface area contributed by atoms with Crippen LogP contribution in [0.4, 0.5) is 8.78 Å². The zero-order valence-electron chi connectivity index (χ0n) is 21.4. The van der Waals surface area contributed by atoms with Gasteiger partial charge in [-0.05, 0) is 59.9 Å². The molecule has 0 aliphatic heterocycles. The Labute approximate surface area is 219 Å². The number of rotatable bonds is 10. The lowest BCUT2D eigenvalue weighted by atomic mass is 9.99. The lowest BCUT2D eigenvalue weighted by Gasteiger charge is -2.24. The van der Waals surface area contributed by atoms with Crippen molar-refractivity contribution in [2.24, 2.45) is 0 Å². The molecule has 0 fully saturated rings. The van der Waals surface area contributed by atoms with Crippen molar-refractivity contribution < 1.29 is 23.4 Å². The van der Waals surface area contributed by atoms with Crippen LogP contribution in [0.25, 0.3) is 11.1 Å². The second-order valence-electron chi connectivity index (χ2n) is 8.88. The van der Waals surface area contributed by atoms with Crippen molar-refractivity contribution in [3.05, 3.63) is 111 Å². The maximum atomic E-state index is 14.1. The number of pyridine rings is 1. The summed E-state index contributed by atoms with van der Waals surface area (Å²) < 4.78 is 40.3. The van der Waals surface area contributed by atoms with Gasteiger partial charge in [0.2, 0.25) is 5.88 Å². The molecule has 0 saturated heterocycles. The molecule has 2 aromatic heterocycles. The molecule has 0 spiro atoms. The van der Waals surface area contributed by atoms with E-state index < -0.39 is 29.1 Å². The van der Waals surface area contributed by atoms with E-state index in [4.69, 9.17) is 9.47 Å². The van der Waals surface area contributed by atoms with Gasteiger partial charge in [0.05, 0.1) is 18.2 Å². The van der Waals surface area contributed by atoms with Crippen LogP contribution in [-0.2, 0) is 22.5 Å². The van der Waals surface area contributed by atoms with Crippen molar-refractivity contribution in [3.8, 4) is 17.0 Å². The Balaban J connectivity index is 1.78. The van der Waals surface area contributed by atoms with E-state index in [1.54, 1.807) is 19.3 Å². The highest BCUT2D eigenvalue weighted by atomic mass is 19.1. The number of benzene rings is 2. The molecule has 0 bridgehead atoms. The molecule has 0 aliphatic carbocycles. The Kier molecular flexibility index (Phi) is 8.60. The highest BCUT2D eigenvalue weighted by molar-refractivity contribution is 5.66. The minimum atomic E-state index is -0.906. The Morgan fingerprint density at radius 2 is 1.79 bits per heavy atom. The van der Waals surface area contributed by atoms with Gasteiger partial charge in [-0.3, -0.25) is 14.3 Å². The van der Waals surface area contributed by atoms with Gasteiger partial charge in [-0.1, -0.05) is 24.3 Å². The van der Waals surface area contributed by atoms with Gasteiger partial charge >= 0.3 is 0 Å². The fraction of sp³-hybridized carbons (Fsp3) is 0.276. The Morgan fingerprint density at radius 3 is 2.42 bits per heavy atom. The zero-order valence-corrected chi connectivity index (χ0v) is 21.4. The summed E-state index contributed by atoms with van der Waals surface area (Å²) in [6.07, 6.45) is 3.62. The summed E-state index contributed by atoms with van der Waals surface area (Å²) in [6.45, 7) is 3.95. The van der Waals surface area contributed by atoms with Gasteiger partial charge < -0.3 is 14.6 Å². The van der Waals surface area contributed by atoms with Crippen LogP contribution >= 0.6 is 0 Å². The maximum Gasteiger partial charge on any atom is 0.261 e. The molecule has 4 aromatic rings. The zero-order chi connectivity index (χ0) is 27.2. The summed E-state index contributed by atoms with van der Waals surface area (Å²) in [4.78, 5) is 22.2. The van der Waals surface area contributed by atoms with Gasteiger partial charge in [-0.25, -0.2) is 8.78 Å². The molecule has 0 radical (unpaired) electrons. The molecular weight excluding hydrogens is 492 g/mol. The molecule has 0 amide bonds. The lowest BCUT2D eigenvalue weighted by molar-refractivity contribution is 0.116. The van der Waals surface area contributed by atoms with Crippen LogP contribution in [0.3, 0.4) is 0 Å². The average Bonchev–Trinajstić information content (AvgIpc) is 2.89. The number of hydrogen-bond donors (Lipinski definition) is 1. The van der Waals surface area contributed by atoms with Gasteiger partial charge in [0, 0.05) is 38.6 Å². The molecule has 4 rings (SSSR count). The minimum Gasteiger partial charge on any atom is -0.493 e. The Morgan fingerprint density at radius 1 is 1.08 bits per heavy atom. The van der Waals surface area contributed by atoms with E-state index in [0.717, 1.165) is 40.5 Å². The highest BCUT2D eigenvalue weighted by Crippen LogP contribution is 2.26. The quantitative estimate of drug-likeness (QED) is 0.318. The molecular formula is C29H29F2N3O4. The van der Waals surface area contributed by atoms with E-state index in [-0.39, 0.29) is 36.6 Å². The van der Waals surface area contributed by atoms with Crippen LogP contribution in [0.15, 0.2) is 65.7 Å². The topological polar surface area (TPSA) is 86.5 Å². The molecule has 0 aliphatic rings. The molecule has 9 heteroatoms. The van der Waals surface area contributed by atoms with E-state index in [1.807, 2.05) is 37.3 Å². The summed E-state index contributed by atoms with van der Waals surface area (Å²) in [5, 5.41) is 10.8. The van der Waals surface area contributed by atoms with Crippen LogP contribution in [0.2, 0.25) is 0 Å². The van der Waals surface area contributed by atoms with Gasteiger partial charge in [-0.2, -0.15) is 4.98 Å². The molecule has 1 N–H and O–H groups in total. The van der Waals surface area contributed by atoms with Gasteiger partial charge in [0.15, 0.2) is 0 Å². The van der Waals surface area contributed by atoms with E-state index in [0.29, 0.717) is 6.61 Å². The van der Waals surface area contributed by atoms with Crippen molar-refractivity contribution in [1.29, 1.82) is 0 Å². The summed E-state index contributed by atoms with van der Waals surface area (Å²) in [5.41, 5.74) is 3.55. The third-order valence-electron chi connectivity index (χ3n) is 6.27. The molecule has 2 aromatic carbocycles. The summed E-state index contributed by atoms with van der Waals surface area (Å²) >= 11 is 0. The van der Waals surface area contributed by atoms with Crippen LogP contribution in [0.5, 0.6) is 5.88 Å². The predicted octanol–water partition coefficient (Wildman–Crippen LogP) is 4.96. The number of methoxy groups -OCH3 is 1. The molecule has 38 heavy (non-hydrogen) atoms. The molecule has 7 nitrogen and oxygen atoms in total. The van der Waals surface area contributed by atoms with Crippen molar-refractivity contribution in [2.45, 2.75) is 32.9 Å². The van der Waals surface area contributed by atoms with Crippen molar-refractivity contribution in [2.75, 3.05) is 20.3 Å². The van der Waals surface area contributed by atoms with Crippen LogP contribution in [-0.4, -0.2) is 40.0 Å². The highest BCUT2D eigenvalue weighted by Gasteiger charge is 2.25. The first-order chi connectivity index (χ1) is 18.3. The van der Waals surface area contributed by atoms with Gasteiger partial charge in [0.1, 0.15) is 24.1 Å². The van der Waals surface area contributed by atoms with Crippen LogP contribution in [0.1, 0.15) is 41.0 Å². The number of ether oxygens (including phenoxy) is 2. The fourth-order valence-corrected chi connectivity index (χ4v) is 4.42. The van der Waals surface area contributed by atoms with E-state index in [1.165, 1.54) is 11.7 Å². The van der Waals surface area contributed by atoms with Crippen molar-refractivity contribution in [3.63, 3.8) is 0 Å². The van der Waals surface area contributed by atoms with E-state index in [9.17, 15) is 18.7 Å². The van der Waals surface area contributed by atoms with Crippen LogP contribution < -0.4 is 5.56 Å². The number of hydrogen-bond acceptors (Lipinski definition) is 6. The second kappa shape index (κ2) is 12.1. The Hall–Kier alpha value is -3.95. The van der Waals surface area contributed by atoms with Crippen molar-refractivity contribution >= 4 is 0 Å². The molecule has 1 unspecified atom stereocenters. The molecule has 0 saturated carbocycles. The third-order valence-corrected chi connectivity index (χ3v) is 6.27. The molecule has 198 valence electrons. The fourth-order valence-electron chi connectivity index (χ4n) is 4.42. The molecule has 1 atom stereocenters. The number of aromatic hydroxyl groups is 1. The van der Waals surface area contributed by atoms with Crippen molar-refractivity contribution in [1.82, 2.24) is 14.5 Å². The number of halogens is 2. The standard InChI is InChI=1S/C29H29F2N3O4/c1-4-38-17-27-33-28(35)25(11-19-5-7-20(8-6-19)24-9-10-32-15-18(24)2)29(36)34(27)26(16-37-3)21-12-22(30)14-23(31)13-21/h5-10,12-15,26,35H,4,11,16-17H2,1-3H3. The number of aromatic nitrogens is 3. The SMILES string of the molecule is CCOCc1nc(O)c(Cc2ccc(-c3ccncc3C)cc2)c(=O)n1C(COC)c1cc(F)cc(F)c1. The first kappa shape index (κ1) is 27.1. The van der Waals surface area contributed by atoms with E-state index in [2.05, 4.69) is 9.97 Å². The minimum absolute atomic E-state index is 0.0519. The molecule has 2 heterocycles. The lowest BCUT2D eigenvalue weighted by Crippen LogP contribution is -2.34. The largest absolute Gasteiger partial charge is 0.493 e. The average molecular weight is 522 g/mol. The summed E-state index contributed by atoms with van der Waals surface area (Å²) in [5.74, 6) is -1.86. The normalized spacial score (nSPS) is 12.0. The van der Waals surface area contributed by atoms with Gasteiger partial charge in [0.25, 0.3) is 5.56 Å². The Bertz CT molecular complexity index is 1450. The third kappa shape index (κ3) is 5.95. The number of aryl methyl sites for hydroxylation is 1. The summed E-state index contributed by atoms with van der Waals surface area (Å²) in [6, 6.07) is 11.7. The predicted molar refractivity (Wildman–Crippen MR) is 139 cm³/mol. The second-order valence-corrected chi connectivity index (χ2v) is 8.88. The summed E-state index contributed by atoms with van der Waals surface area (Å²) in [7, 11) is 1.43.